The zero-order chi connectivity index (χ0) is 17.2. The van der Waals surface area contributed by atoms with Gasteiger partial charge in [0.15, 0.2) is 0 Å². The maximum atomic E-state index is 5.96. The van der Waals surface area contributed by atoms with Crippen molar-refractivity contribution in [1.82, 2.24) is 4.57 Å². The Morgan fingerprint density at radius 3 is 2.21 bits per heavy atom. The predicted octanol–water partition coefficient (Wildman–Crippen LogP) is 6.18. The molecule has 0 aliphatic carbocycles. The lowest BCUT2D eigenvalue weighted by Gasteiger charge is -2.18. The Labute approximate surface area is 148 Å². The molecule has 0 saturated carbocycles. The molecule has 2 aromatic carbocycles. The molecule has 1 aromatic heterocycles. The summed E-state index contributed by atoms with van der Waals surface area (Å²) in [5.74, 6) is 0. The molecule has 0 saturated heterocycles. The molecule has 0 unspecified atom stereocenters. The fraction of sp³-hybridized carbons (Fsp3) is 0.190. The summed E-state index contributed by atoms with van der Waals surface area (Å²) in [6.45, 7) is 6.64. The van der Waals surface area contributed by atoms with Crippen molar-refractivity contribution >= 4 is 23.5 Å². The monoisotopic (exact) mass is 336 g/mol. The molecule has 0 atom stereocenters. The van der Waals surface area contributed by atoms with Crippen molar-refractivity contribution in [3.05, 3.63) is 83.1 Å². The van der Waals surface area contributed by atoms with Gasteiger partial charge < -0.3 is 4.57 Å². The molecule has 0 N–H and O–H groups in total. The molecule has 2 nitrogen and oxygen atoms in total. The number of rotatable bonds is 3. The van der Waals surface area contributed by atoms with Crippen molar-refractivity contribution in [2.24, 2.45) is 4.99 Å². The molecule has 0 bridgehead atoms. The highest BCUT2D eigenvalue weighted by Gasteiger charge is 2.12. The Balaban J connectivity index is 1.83. The second-order valence-electron chi connectivity index (χ2n) is 6.83. The van der Waals surface area contributed by atoms with Gasteiger partial charge in [0.25, 0.3) is 0 Å². The van der Waals surface area contributed by atoms with Crippen LogP contribution in [0.5, 0.6) is 0 Å². The van der Waals surface area contributed by atoms with Crippen molar-refractivity contribution in [2.75, 3.05) is 0 Å². The number of nitrogens with zero attached hydrogens (tertiary/aromatic N) is 2. The first kappa shape index (κ1) is 16.5. The molecule has 0 spiro atoms. The van der Waals surface area contributed by atoms with E-state index >= 15 is 0 Å². The van der Waals surface area contributed by atoms with Gasteiger partial charge in [-0.15, -0.1) is 0 Å². The molecule has 3 rings (SSSR count). The standard InChI is InChI=1S/C21H21ClN2/c1-21(2,3)16-6-10-18(11-7-16)23-15-20-5-4-14-24(20)19-12-8-17(22)9-13-19/h4-15H,1-3H3. The van der Waals surface area contributed by atoms with E-state index in [9.17, 15) is 0 Å². The van der Waals surface area contributed by atoms with Gasteiger partial charge in [-0.3, -0.25) is 4.99 Å². The molecule has 1 heterocycles. The van der Waals surface area contributed by atoms with Crippen LogP contribution < -0.4 is 0 Å². The molecule has 0 aliphatic heterocycles. The summed E-state index contributed by atoms with van der Waals surface area (Å²) in [6.07, 6.45) is 3.91. The fourth-order valence-electron chi connectivity index (χ4n) is 2.52. The summed E-state index contributed by atoms with van der Waals surface area (Å²) in [4.78, 5) is 4.60. The largest absolute Gasteiger partial charge is 0.316 e. The number of halogens is 1. The van der Waals surface area contributed by atoms with Crippen LogP contribution in [0.15, 0.2) is 71.9 Å². The van der Waals surface area contributed by atoms with Crippen molar-refractivity contribution in [3.63, 3.8) is 0 Å². The van der Waals surface area contributed by atoms with E-state index in [0.29, 0.717) is 0 Å². The third-order valence-electron chi connectivity index (χ3n) is 3.96. The van der Waals surface area contributed by atoms with E-state index in [4.69, 9.17) is 11.6 Å². The van der Waals surface area contributed by atoms with Crippen LogP contribution in [0.2, 0.25) is 5.02 Å². The zero-order valence-corrected chi connectivity index (χ0v) is 15.0. The second-order valence-corrected chi connectivity index (χ2v) is 7.27. The highest BCUT2D eigenvalue weighted by atomic mass is 35.5. The molecule has 24 heavy (non-hydrogen) atoms. The Morgan fingerprint density at radius 2 is 1.58 bits per heavy atom. The summed E-state index contributed by atoms with van der Waals surface area (Å²) >= 11 is 5.96. The SMILES string of the molecule is CC(C)(C)c1ccc(N=Cc2cccn2-c2ccc(Cl)cc2)cc1. The molecule has 3 heteroatoms. The predicted molar refractivity (Wildman–Crippen MR) is 103 cm³/mol. The molecule has 0 aliphatic rings. The minimum absolute atomic E-state index is 0.158. The number of aromatic nitrogens is 1. The molecular weight excluding hydrogens is 316 g/mol. The van der Waals surface area contributed by atoms with Gasteiger partial charge in [0.05, 0.1) is 17.6 Å². The van der Waals surface area contributed by atoms with Gasteiger partial charge in [0.2, 0.25) is 0 Å². The van der Waals surface area contributed by atoms with E-state index < -0.39 is 0 Å². The highest BCUT2D eigenvalue weighted by Crippen LogP contribution is 2.24. The summed E-state index contributed by atoms with van der Waals surface area (Å²) in [7, 11) is 0. The average molecular weight is 337 g/mol. The first-order valence-electron chi connectivity index (χ1n) is 8.01. The summed E-state index contributed by atoms with van der Waals surface area (Å²) < 4.78 is 2.09. The van der Waals surface area contributed by atoms with Crippen LogP contribution >= 0.6 is 11.6 Å². The average Bonchev–Trinajstić information content (AvgIpc) is 3.02. The van der Waals surface area contributed by atoms with Crippen molar-refractivity contribution in [1.29, 1.82) is 0 Å². The normalized spacial score (nSPS) is 12.0. The summed E-state index contributed by atoms with van der Waals surface area (Å²) in [5.41, 5.74) is 4.51. The lowest BCUT2D eigenvalue weighted by atomic mass is 9.87. The molecule has 0 radical (unpaired) electrons. The summed E-state index contributed by atoms with van der Waals surface area (Å²) in [6, 6.07) is 20.2. The maximum absolute atomic E-state index is 5.96. The number of hydrogen-bond donors (Lipinski definition) is 0. The van der Waals surface area contributed by atoms with E-state index in [1.807, 2.05) is 48.8 Å². The van der Waals surface area contributed by atoms with E-state index in [-0.39, 0.29) is 5.41 Å². The molecular formula is C21H21ClN2. The van der Waals surface area contributed by atoms with E-state index in [1.54, 1.807) is 0 Å². The van der Waals surface area contributed by atoms with E-state index in [2.05, 4.69) is 54.6 Å². The van der Waals surface area contributed by atoms with Gasteiger partial charge in [-0.2, -0.15) is 0 Å². The second kappa shape index (κ2) is 6.66. The number of hydrogen-bond acceptors (Lipinski definition) is 1. The van der Waals surface area contributed by atoms with Crippen LogP contribution in [-0.2, 0) is 5.41 Å². The third kappa shape index (κ3) is 3.77. The van der Waals surface area contributed by atoms with Gasteiger partial charge in [-0.1, -0.05) is 44.5 Å². The lowest BCUT2D eigenvalue weighted by molar-refractivity contribution is 0.590. The van der Waals surface area contributed by atoms with Gasteiger partial charge in [-0.25, -0.2) is 0 Å². The summed E-state index contributed by atoms with van der Waals surface area (Å²) in [5, 5.41) is 0.736. The maximum Gasteiger partial charge on any atom is 0.0639 e. The Morgan fingerprint density at radius 1 is 0.917 bits per heavy atom. The molecule has 0 amide bonds. The molecule has 3 aromatic rings. The van der Waals surface area contributed by atoms with Gasteiger partial charge in [0.1, 0.15) is 0 Å². The van der Waals surface area contributed by atoms with Crippen LogP contribution in [-0.4, -0.2) is 10.8 Å². The molecule has 122 valence electrons. The first-order valence-corrected chi connectivity index (χ1v) is 8.39. The minimum Gasteiger partial charge on any atom is -0.316 e. The third-order valence-corrected chi connectivity index (χ3v) is 4.22. The first-order chi connectivity index (χ1) is 11.4. The van der Waals surface area contributed by atoms with Crippen molar-refractivity contribution in [2.45, 2.75) is 26.2 Å². The van der Waals surface area contributed by atoms with Crippen LogP contribution in [0.1, 0.15) is 32.0 Å². The Bertz CT molecular complexity index is 835. The van der Waals surface area contributed by atoms with E-state index in [0.717, 1.165) is 22.1 Å². The highest BCUT2D eigenvalue weighted by molar-refractivity contribution is 6.30. The fourth-order valence-corrected chi connectivity index (χ4v) is 2.65. The lowest BCUT2D eigenvalue weighted by Crippen LogP contribution is -2.10. The quantitative estimate of drug-likeness (QED) is 0.508. The Hall–Kier alpha value is -2.32. The van der Waals surface area contributed by atoms with Gasteiger partial charge in [0, 0.05) is 16.9 Å². The van der Waals surface area contributed by atoms with Crippen LogP contribution in [0.25, 0.3) is 5.69 Å². The van der Waals surface area contributed by atoms with Gasteiger partial charge in [-0.05, 0) is 59.5 Å². The smallest absolute Gasteiger partial charge is 0.0639 e. The van der Waals surface area contributed by atoms with Crippen LogP contribution in [0.3, 0.4) is 0 Å². The number of benzene rings is 2. The van der Waals surface area contributed by atoms with Crippen LogP contribution in [0, 0.1) is 0 Å². The van der Waals surface area contributed by atoms with Crippen LogP contribution in [0.4, 0.5) is 5.69 Å². The molecule has 0 fully saturated rings. The zero-order valence-electron chi connectivity index (χ0n) is 14.2. The number of aliphatic imine (C=N–C) groups is 1. The topological polar surface area (TPSA) is 17.3 Å². The van der Waals surface area contributed by atoms with E-state index in [1.165, 1.54) is 5.56 Å². The minimum atomic E-state index is 0.158. The Kier molecular flexibility index (Phi) is 4.59. The van der Waals surface area contributed by atoms with Gasteiger partial charge >= 0.3 is 0 Å². The van der Waals surface area contributed by atoms with Crippen molar-refractivity contribution in [3.8, 4) is 5.69 Å². The van der Waals surface area contributed by atoms with Crippen molar-refractivity contribution < 1.29 is 0 Å².